The first kappa shape index (κ1) is 13.6. The van der Waals surface area contributed by atoms with Gasteiger partial charge in [-0.15, -0.1) is 0 Å². The Hall–Kier alpha value is -0.800. The summed E-state index contributed by atoms with van der Waals surface area (Å²) in [5.74, 6) is 0. The van der Waals surface area contributed by atoms with Crippen molar-refractivity contribution in [2.24, 2.45) is 11.1 Å². The van der Waals surface area contributed by atoms with E-state index in [9.17, 15) is 0 Å². The standard InChI is InChI=1S/C15H26N2O/c1-17(10-14-6-9-18-11-14)13-15(12-16)7-4-2-3-5-8-15/h6,9,11H,2-5,7-8,10,12-13,16H2,1H3. The lowest BCUT2D eigenvalue weighted by Crippen LogP contribution is -2.40. The van der Waals surface area contributed by atoms with Crippen LogP contribution in [0.2, 0.25) is 0 Å². The predicted octanol–water partition coefficient (Wildman–Crippen LogP) is 3.01. The molecule has 0 aromatic carbocycles. The van der Waals surface area contributed by atoms with Crippen molar-refractivity contribution < 1.29 is 4.42 Å². The molecule has 1 aliphatic carbocycles. The summed E-state index contributed by atoms with van der Waals surface area (Å²) in [4.78, 5) is 2.39. The summed E-state index contributed by atoms with van der Waals surface area (Å²) in [6.45, 7) is 2.88. The summed E-state index contributed by atoms with van der Waals surface area (Å²) in [5.41, 5.74) is 7.67. The van der Waals surface area contributed by atoms with E-state index >= 15 is 0 Å². The maximum Gasteiger partial charge on any atom is 0.0947 e. The lowest BCUT2D eigenvalue weighted by atomic mass is 9.80. The van der Waals surface area contributed by atoms with E-state index in [1.165, 1.54) is 44.1 Å². The molecule has 0 aliphatic heterocycles. The molecule has 1 aliphatic rings. The molecule has 1 saturated carbocycles. The van der Waals surface area contributed by atoms with E-state index in [2.05, 4.69) is 11.9 Å². The van der Waals surface area contributed by atoms with Gasteiger partial charge < -0.3 is 15.1 Å². The third-order valence-corrected chi connectivity index (χ3v) is 4.24. The topological polar surface area (TPSA) is 42.4 Å². The Morgan fingerprint density at radius 1 is 1.28 bits per heavy atom. The van der Waals surface area contributed by atoms with Gasteiger partial charge in [-0.05, 0) is 37.9 Å². The van der Waals surface area contributed by atoms with Crippen LogP contribution in [0.3, 0.4) is 0 Å². The summed E-state index contributed by atoms with van der Waals surface area (Å²) in [5, 5.41) is 0. The van der Waals surface area contributed by atoms with Crippen molar-refractivity contribution in [3.8, 4) is 0 Å². The van der Waals surface area contributed by atoms with Crippen LogP contribution in [-0.4, -0.2) is 25.0 Å². The summed E-state index contributed by atoms with van der Waals surface area (Å²) >= 11 is 0. The van der Waals surface area contributed by atoms with Crippen molar-refractivity contribution in [1.29, 1.82) is 0 Å². The highest BCUT2D eigenvalue weighted by Gasteiger charge is 2.30. The SMILES string of the molecule is CN(Cc1ccoc1)CC1(CN)CCCCCC1. The van der Waals surface area contributed by atoms with Crippen LogP contribution < -0.4 is 5.73 Å². The van der Waals surface area contributed by atoms with Crippen molar-refractivity contribution in [3.05, 3.63) is 24.2 Å². The highest BCUT2D eigenvalue weighted by atomic mass is 16.3. The van der Waals surface area contributed by atoms with Crippen molar-refractivity contribution >= 4 is 0 Å². The molecule has 2 N–H and O–H groups in total. The second kappa shape index (κ2) is 6.39. The van der Waals surface area contributed by atoms with E-state index in [1.807, 2.05) is 12.3 Å². The maximum atomic E-state index is 6.08. The van der Waals surface area contributed by atoms with Gasteiger partial charge in [-0.25, -0.2) is 0 Å². The van der Waals surface area contributed by atoms with Gasteiger partial charge in [0.25, 0.3) is 0 Å². The lowest BCUT2D eigenvalue weighted by Gasteiger charge is -2.35. The number of rotatable bonds is 5. The van der Waals surface area contributed by atoms with E-state index in [-0.39, 0.29) is 0 Å². The van der Waals surface area contributed by atoms with E-state index in [0.717, 1.165) is 19.6 Å². The van der Waals surface area contributed by atoms with Gasteiger partial charge in [-0.1, -0.05) is 25.7 Å². The first-order chi connectivity index (χ1) is 8.74. The zero-order valence-electron chi connectivity index (χ0n) is 11.5. The van der Waals surface area contributed by atoms with Crippen LogP contribution in [0.4, 0.5) is 0 Å². The molecule has 1 aromatic heterocycles. The second-order valence-electron chi connectivity index (χ2n) is 5.92. The molecule has 0 amide bonds. The van der Waals surface area contributed by atoms with E-state index < -0.39 is 0 Å². The molecule has 1 fully saturated rings. The van der Waals surface area contributed by atoms with Gasteiger partial charge in [0.15, 0.2) is 0 Å². The molecular weight excluding hydrogens is 224 g/mol. The summed E-state index contributed by atoms with van der Waals surface area (Å²) in [6, 6.07) is 2.04. The molecule has 18 heavy (non-hydrogen) atoms. The van der Waals surface area contributed by atoms with Gasteiger partial charge in [0, 0.05) is 18.7 Å². The maximum absolute atomic E-state index is 6.08. The van der Waals surface area contributed by atoms with Crippen LogP contribution in [0.5, 0.6) is 0 Å². The highest BCUT2D eigenvalue weighted by Crippen LogP contribution is 2.34. The zero-order valence-corrected chi connectivity index (χ0v) is 11.5. The normalized spacial score (nSPS) is 19.9. The first-order valence-corrected chi connectivity index (χ1v) is 7.14. The molecular formula is C15H26N2O. The van der Waals surface area contributed by atoms with Gasteiger partial charge in [-0.3, -0.25) is 0 Å². The Morgan fingerprint density at radius 2 is 2.00 bits per heavy atom. The highest BCUT2D eigenvalue weighted by molar-refractivity contribution is 5.05. The quantitative estimate of drug-likeness (QED) is 0.817. The number of hydrogen-bond acceptors (Lipinski definition) is 3. The minimum absolute atomic E-state index is 0.342. The van der Waals surface area contributed by atoms with Gasteiger partial charge in [0.2, 0.25) is 0 Å². The molecule has 1 aromatic rings. The Kier molecular flexibility index (Phi) is 4.84. The average Bonchev–Trinajstić information content (AvgIpc) is 2.74. The van der Waals surface area contributed by atoms with Crippen LogP contribution in [0.15, 0.2) is 23.0 Å². The number of furan rings is 1. The molecule has 3 nitrogen and oxygen atoms in total. The second-order valence-corrected chi connectivity index (χ2v) is 5.92. The van der Waals surface area contributed by atoms with Crippen LogP contribution in [-0.2, 0) is 6.54 Å². The molecule has 0 atom stereocenters. The van der Waals surface area contributed by atoms with Crippen molar-refractivity contribution in [2.45, 2.75) is 45.1 Å². The largest absolute Gasteiger partial charge is 0.472 e. The Balaban J connectivity index is 1.91. The van der Waals surface area contributed by atoms with Crippen molar-refractivity contribution in [3.63, 3.8) is 0 Å². The summed E-state index contributed by atoms with van der Waals surface area (Å²) < 4.78 is 5.13. The van der Waals surface area contributed by atoms with Crippen LogP contribution in [0.25, 0.3) is 0 Å². The fourth-order valence-electron chi connectivity index (χ4n) is 3.23. The molecule has 3 heteroatoms. The molecule has 0 unspecified atom stereocenters. The van der Waals surface area contributed by atoms with Gasteiger partial charge >= 0.3 is 0 Å². The minimum Gasteiger partial charge on any atom is -0.472 e. The summed E-state index contributed by atoms with van der Waals surface area (Å²) in [6.07, 6.45) is 11.6. The van der Waals surface area contributed by atoms with E-state index in [0.29, 0.717) is 5.41 Å². The third kappa shape index (κ3) is 3.59. The molecule has 0 radical (unpaired) electrons. The monoisotopic (exact) mass is 250 g/mol. The average molecular weight is 250 g/mol. The predicted molar refractivity (Wildman–Crippen MR) is 74.2 cm³/mol. The lowest BCUT2D eigenvalue weighted by molar-refractivity contribution is 0.153. The molecule has 1 heterocycles. The molecule has 0 bridgehead atoms. The van der Waals surface area contributed by atoms with Crippen molar-refractivity contribution in [2.75, 3.05) is 20.1 Å². The van der Waals surface area contributed by atoms with Gasteiger partial charge in [0.05, 0.1) is 12.5 Å². The Morgan fingerprint density at radius 3 is 2.56 bits per heavy atom. The number of nitrogens with zero attached hydrogens (tertiary/aromatic N) is 1. The minimum atomic E-state index is 0.342. The van der Waals surface area contributed by atoms with E-state index in [4.69, 9.17) is 10.2 Å². The van der Waals surface area contributed by atoms with E-state index in [1.54, 1.807) is 6.26 Å². The van der Waals surface area contributed by atoms with Crippen LogP contribution in [0, 0.1) is 5.41 Å². The Labute approximate surface area is 110 Å². The van der Waals surface area contributed by atoms with Crippen LogP contribution >= 0.6 is 0 Å². The fraction of sp³-hybridized carbons (Fsp3) is 0.733. The molecule has 0 spiro atoms. The van der Waals surface area contributed by atoms with Crippen LogP contribution in [0.1, 0.15) is 44.1 Å². The molecule has 102 valence electrons. The summed E-state index contributed by atoms with van der Waals surface area (Å²) in [7, 11) is 2.19. The number of hydrogen-bond donors (Lipinski definition) is 1. The number of nitrogens with two attached hydrogens (primary N) is 1. The Bertz CT molecular complexity index is 326. The zero-order chi connectivity index (χ0) is 12.8. The van der Waals surface area contributed by atoms with Gasteiger partial charge in [0.1, 0.15) is 0 Å². The van der Waals surface area contributed by atoms with Gasteiger partial charge in [-0.2, -0.15) is 0 Å². The first-order valence-electron chi connectivity index (χ1n) is 7.14. The fourth-order valence-corrected chi connectivity index (χ4v) is 3.23. The molecule has 2 rings (SSSR count). The smallest absolute Gasteiger partial charge is 0.0947 e. The molecule has 0 saturated heterocycles. The third-order valence-electron chi connectivity index (χ3n) is 4.24. The van der Waals surface area contributed by atoms with Crippen molar-refractivity contribution in [1.82, 2.24) is 4.90 Å².